The smallest absolute Gasteiger partial charge is 0.345 e. The lowest BCUT2D eigenvalue weighted by Gasteiger charge is -2.12. The van der Waals surface area contributed by atoms with Crippen molar-refractivity contribution in [2.45, 2.75) is 13.8 Å². The van der Waals surface area contributed by atoms with Crippen molar-refractivity contribution in [3.8, 4) is 17.2 Å². The molecule has 0 unspecified atom stereocenters. The van der Waals surface area contributed by atoms with Crippen LogP contribution in [0.3, 0.4) is 0 Å². The van der Waals surface area contributed by atoms with E-state index in [1.165, 1.54) is 6.21 Å². The maximum absolute atomic E-state index is 12.5. The number of aryl methyl sites for hydroxylation is 1. The molecular formula is C25H23ClN2O5. The molecule has 1 N–H and O–H groups in total. The second-order valence-corrected chi connectivity index (χ2v) is 7.31. The highest BCUT2D eigenvalue weighted by molar-refractivity contribution is 6.33. The minimum atomic E-state index is -0.594. The Bertz CT molecular complexity index is 1150. The van der Waals surface area contributed by atoms with Crippen LogP contribution in [0.2, 0.25) is 5.02 Å². The predicted molar refractivity (Wildman–Crippen MR) is 126 cm³/mol. The lowest BCUT2D eigenvalue weighted by atomic mass is 10.2. The molecule has 1 amide bonds. The molecule has 0 aliphatic rings. The van der Waals surface area contributed by atoms with Gasteiger partial charge in [-0.3, -0.25) is 4.79 Å². The van der Waals surface area contributed by atoms with Crippen LogP contribution in [0, 0.1) is 6.92 Å². The van der Waals surface area contributed by atoms with E-state index in [-0.39, 0.29) is 17.9 Å². The van der Waals surface area contributed by atoms with Gasteiger partial charge in [0, 0.05) is 0 Å². The summed E-state index contributed by atoms with van der Waals surface area (Å²) in [6.45, 7) is 3.98. The summed E-state index contributed by atoms with van der Waals surface area (Å²) in [6.07, 6.45) is 1.45. The van der Waals surface area contributed by atoms with Crippen LogP contribution in [-0.2, 0) is 4.79 Å². The number of carbonyl (C=O) groups is 2. The monoisotopic (exact) mass is 466 g/mol. The molecule has 0 aliphatic heterocycles. The number of carbonyl (C=O) groups excluding carboxylic acids is 2. The first-order valence-corrected chi connectivity index (χ1v) is 10.6. The molecule has 0 fully saturated rings. The molecule has 8 heteroatoms. The zero-order valence-corrected chi connectivity index (χ0v) is 19.0. The fourth-order valence-electron chi connectivity index (χ4n) is 2.73. The standard InChI is InChI=1S/C25H23ClN2O5/c1-3-31-23-14-18(10-13-22(23)33-25(30)20-6-4-5-7-21(20)26)15-27-28-24(29)16-32-19-11-8-17(2)9-12-19/h4-15H,3,16H2,1-2H3,(H,28,29)/b27-15+. The zero-order valence-electron chi connectivity index (χ0n) is 18.2. The van der Waals surface area contributed by atoms with Gasteiger partial charge in [-0.05, 0) is 61.9 Å². The van der Waals surface area contributed by atoms with Gasteiger partial charge < -0.3 is 14.2 Å². The highest BCUT2D eigenvalue weighted by Crippen LogP contribution is 2.29. The van der Waals surface area contributed by atoms with Crippen molar-refractivity contribution < 1.29 is 23.8 Å². The van der Waals surface area contributed by atoms with Crippen LogP contribution in [0.15, 0.2) is 71.8 Å². The summed E-state index contributed by atoms with van der Waals surface area (Å²) in [5, 5.41) is 4.23. The van der Waals surface area contributed by atoms with E-state index < -0.39 is 11.9 Å². The molecule has 0 aliphatic carbocycles. The molecule has 0 saturated carbocycles. The second-order valence-electron chi connectivity index (χ2n) is 6.90. The van der Waals surface area contributed by atoms with Gasteiger partial charge in [0.1, 0.15) is 5.75 Å². The van der Waals surface area contributed by atoms with Gasteiger partial charge in [-0.1, -0.05) is 41.4 Å². The SMILES string of the molecule is CCOc1cc(/C=N/NC(=O)COc2ccc(C)cc2)ccc1OC(=O)c1ccccc1Cl. The van der Waals surface area contributed by atoms with Crippen molar-refractivity contribution in [2.24, 2.45) is 5.10 Å². The van der Waals surface area contributed by atoms with E-state index in [1.807, 2.05) is 26.0 Å². The number of hydrazone groups is 1. The molecular weight excluding hydrogens is 444 g/mol. The predicted octanol–water partition coefficient (Wildman–Crippen LogP) is 4.80. The third kappa shape index (κ3) is 7.08. The number of hydrogen-bond donors (Lipinski definition) is 1. The molecule has 0 aromatic heterocycles. The number of nitrogens with one attached hydrogen (secondary N) is 1. The van der Waals surface area contributed by atoms with E-state index in [0.717, 1.165) is 5.56 Å². The number of ether oxygens (including phenoxy) is 3. The maximum atomic E-state index is 12.5. The summed E-state index contributed by atoms with van der Waals surface area (Å²) in [4.78, 5) is 24.4. The van der Waals surface area contributed by atoms with E-state index in [4.69, 9.17) is 25.8 Å². The molecule has 3 rings (SSSR count). The average molecular weight is 467 g/mol. The average Bonchev–Trinajstić information content (AvgIpc) is 2.80. The molecule has 3 aromatic carbocycles. The van der Waals surface area contributed by atoms with Gasteiger partial charge in [-0.2, -0.15) is 5.10 Å². The first kappa shape index (κ1) is 23.8. The quantitative estimate of drug-likeness (QED) is 0.212. The van der Waals surface area contributed by atoms with Crippen LogP contribution < -0.4 is 19.6 Å². The summed E-state index contributed by atoms with van der Waals surface area (Å²) < 4.78 is 16.5. The normalized spacial score (nSPS) is 10.6. The number of halogens is 1. The Balaban J connectivity index is 1.60. The minimum absolute atomic E-state index is 0.165. The highest BCUT2D eigenvalue weighted by atomic mass is 35.5. The maximum Gasteiger partial charge on any atom is 0.345 e. The fraction of sp³-hybridized carbons (Fsp3) is 0.160. The van der Waals surface area contributed by atoms with E-state index in [1.54, 1.807) is 54.6 Å². The van der Waals surface area contributed by atoms with Crippen LogP contribution in [0.1, 0.15) is 28.4 Å². The lowest BCUT2D eigenvalue weighted by Crippen LogP contribution is -2.24. The van der Waals surface area contributed by atoms with Gasteiger partial charge in [0.25, 0.3) is 5.91 Å². The number of amides is 1. The van der Waals surface area contributed by atoms with Gasteiger partial charge in [0.2, 0.25) is 0 Å². The molecule has 3 aromatic rings. The first-order valence-electron chi connectivity index (χ1n) is 10.2. The Morgan fingerprint density at radius 2 is 1.76 bits per heavy atom. The van der Waals surface area contributed by atoms with Crippen LogP contribution in [0.4, 0.5) is 0 Å². The van der Waals surface area contributed by atoms with Crippen molar-refractivity contribution in [1.82, 2.24) is 5.43 Å². The molecule has 0 spiro atoms. The van der Waals surface area contributed by atoms with Gasteiger partial charge >= 0.3 is 5.97 Å². The Hall–Kier alpha value is -3.84. The van der Waals surface area contributed by atoms with Crippen molar-refractivity contribution in [2.75, 3.05) is 13.2 Å². The van der Waals surface area contributed by atoms with E-state index in [0.29, 0.717) is 28.7 Å². The summed E-state index contributed by atoms with van der Waals surface area (Å²) >= 11 is 6.06. The summed E-state index contributed by atoms with van der Waals surface area (Å²) in [7, 11) is 0. The fourth-order valence-corrected chi connectivity index (χ4v) is 2.95. The first-order chi connectivity index (χ1) is 16.0. The van der Waals surface area contributed by atoms with Crippen LogP contribution in [0.5, 0.6) is 17.2 Å². The number of rotatable bonds is 9. The highest BCUT2D eigenvalue weighted by Gasteiger charge is 2.15. The Morgan fingerprint density at radius 1 is 1.00 bits per heavy atom. The molecule has 170 valence electrons. The molecule has 0 radical (unpaired) electrons. The molecule has 0 heterocycles. The zero-order chi connectivity index (χ0) is 23.6. The van der Waals surface area contributed by atoms with Crippen LogP contribution in [0.25, 0.3) is 0 Å². The summed E-state index contributed by atoms with van der Waals surface area (Å²) in [6, 6.07) is 18.9. The van der Waals surface area contributed by atoms with Crippen LogP contribution >= 0.6 is 11.6 Å². The topological polar surface area (TPSA) is 86.2 Å². The second kappa shape index (κ2) is 11.7. The van der Waals surface area contributed by atoms with Gasteiger partial charge in [0.15, 0.2) is 18.1 Å². The number of nitrogens with zero attached hydrogens (tertiary/aromatic N) is 1. The largest absolute Gasteiger partial charge is 0.490 e. The third-order valence-electron chi connectivity index (χ3n) is 4.36. The third-order valence-corrected chi connectivity index (χ3v) is 4.69. The van der Waals surface area contributed by atoms with E-state index >= 15 is 0 Å². The molecule has 0 atom stereocenters. The Morgan fingerprint density at radius 3 is 2.48 bits per heavy atom. The summed E-state index contributed by atoms with van der Waals surface area (Å²) in [5.74, 6) is 0.208. The Kier molecular flexibility index (Phi) is 8.43. The summed E-state index contributed by atoms with van der Waals surface area (Å²) in [5.41, 5.74) is 4.40. The molecule has 0 saturated heterocycles. The van der Waals surface area contributed by atoms with Crippen molar-refractivity contribution in [3.63, 3.8) is 0 Å². The van der Waals surface area contributed by atoms with Gasteiger partial charge in [-0.15, -0.1) is 0 Å². The lowest BCUT2D eigenvalue weighted by molar-refractivity contribution is -0.123. The van der Waals surface area contributed by atoms with Crippen molar-refractivity contribution in [3.05, 3.63) is 88.4 Å². The number of hydrogen-bond acceptors (Lipinski definition) is 6. The number of benzene rings is 3. The van der Waals surface area contributed by atoms with Gasteiger partial charge in [0.05, 0.1) is 23.4 Å². The van der Waals surface area contributed by atoms with Crippen LogP contribution in [-0.4, -0.2) is 31.3 Å². The molecule has 7 nitrogen and oxygen atoms in total. The van der Waals surface area contributed by atoms with Crippen molar-refractivity contribution >= 4 is 29.7 Å². The molecule has 33 heavy (non-hydrogen) atoms. The molecule has 0 bridgehead atoms. The number of esters is 1. The van der Waals surface area contributed by atoms with E-state index in [9.17, 15) is 9.59 Å². The van der Waals surface area contributed by atoms with E-state index in [2.05, 4.69) is 10.5 Å². The Labute approximate surface area is 196 Å². The minimum Gasteiger partial charge on any atom is -0.490 e. The van der Waals surface area contributed by atoms with Gasteiger partial charge in [-0.25, -0.2) is 10.2 Å². The van der Waals surface area contributed by atoms with Crippen molar-refractivity contribution in [1.29, 1.82) is 0 Å².